The first-order valence-electron chi connectivity index (χ1n) is 12.3. The van der Waals surface area contributed by atoms with Crippen molar-refractivity contribution in [2.75, 3.05) is 25.0 Å². The zero-order valence-corrected chi connectivity index (χ0v) is 22.3. The second-order valence-corrected chi connectivity index (χ2v) is 10.9. The van der Waals surface area contributed by atoms with Crippen molar-refractivity contribution in [1.29, 1.82) is 0 Å². The molecule has 0 aliphatic carbocycles. The van der Waals surface area contributed by atoms with Crippen molar-refractivity contribution in [2.45, 2.75) is 32.2 Å². The highest BCUT2D eigenvalue weighted by molar-refractivity contribution is 7.19. The average molecular weight is 593 g/mol. The molecule has 1 N–H and O–H groups in total. The summed E-state index contributed by atoms with van der Waals surface area (Å²) in [4.78, 5) is 27.2. The maximum Gasteiger partial charge on any atom is 0.451 e. The summed E-state index contributed by atoms with van der Waals surface area (Å²) in [5.74, 6) is -0.789. The summed E-state index contributed by atoms with van der Waals surface area (Å²) in [5.41, 5.74) is 1.67. The fourth-order valence-electron chi connectivity index (χ4n) is 4.90. The van der Waals surface area contributed by atoms with Crippen molar-refractivity contribution >= 4 is 50.6 Å². The van der Waals surface area contributed by atoms with Gasteiger partial charge in [-0.1, -0.05) is 17.7 Å². The van der Waals surface area contributed by atoms with E-state index in [2.05, 4.69) is 25.5 Å². The number of halogens is 5. The van der Waals surface area contributed by atoms with Crippen LogP contribution in [0.5, 0.6) is 0 Å². The number of hydrogen-bond donors (Lipinski definition) is 1. The third-order valence-corrected chi connectivity index (χ3v) is 8.26. The van der Waals surface area contributed by atoms with Gasteiger partial charge in [0.2, 0.25) is 11.7 Å². The molecule has 4 aromatic rings. The van der Waals surface area contributed by atoms with Crippen LogP contribution in [-0.2, 0) is 37.0 Å². The molecule has 208 valence electrons. The van der Waals surface area contributed by atoms with Gasteiger partial charge in [-0.25, -0.2) is 14.4 Å². The molecular weight excluding hydrogens is 572 g/mol. The number of nitrogens with one attached hydrogen (secondary N) is 1. The third-order valence-electron chi connectivity index (χ3n) is 6.84. The van der Waals surface area contributed by atoms with E-state index in [0.29, 0.717) is 44.1 Å². The van der Waals surface area contributed by atoms with Crippen molar-refractivity contribution in [3.63, 3.8) is 0 Å². The van der Waals surface area contributed by atoms with Gasteiger partial charge >= 0.3 is 6.18 Å². The second kappa shape index (κ2) is 10.4. The van der Waals surface area contributed by atoms with Crippen LogP contribution in [0.15, 0.2) is 36.7 Å². The minimum atomic E-state index is -4.54. The Bertz CT molecular complexity index is 1640. The molecule has 15 heteroatoms. The van der Waals surface area contributed by atoms with Crippen LogP contribution >= 0.6 is 22.9 Å². The number of alkyl halides is 3. The average Bonchev–Trinajstić information content (AvgIpc) is 3.52. The van der Waals surface area contributed by atoms with Crippen molar-refractivity contribution < 1.29 is 22.4 Å². The van der Waals surface area contributed by atoms with E-state index >= 15 is 0 Å². The number of benzene rings is 1. The van der Waals surface area contributed by atoms with Gasteiger partial charge in [-0.05, 0) is 30.2 Å². The fraction of sp³-hybridized carbons (Fsp3) is 0.320. The maximum atomic E-state index is 13.6. The predicted octanol–water partition coefficient (Wildman–Crippen LogP) is 4.79. The van der Waals surface area contributed by atoms with Gasteiger partial charge in [-0.3, -0.25) is 9.69 Å². The molecule has 2 aliphatic heterocycles. The first-order chi connectivity index (χ1) is 19.2. The Hall–Kier alpha value is -3.62. The minimum Gasteiger partial charge on any atom is -0.340 e. The molecule has 1 amide bonds. The number of fused-ring (bicyclic) bond motifs is 4. The molecule has 0 saturated carbocycles. The monoisotopic (exact) mass is 592 g/mol. The Balaban J connectivity index is 1.11. The zero-order chi connectivity index (χ0) is 28.0. The van der Waals surface area contributed by atoms with E-state index in [4.69, 9.17) is 11.6 Å². The highest BCUT2D eigenvalue weighted by atomic mass is 35.5. The number of thiophene rings is 1. The third kappa shape index (κ3) is 5.13. The molecule has 0 saturated heterocycles. The minimum absolute atomic E-state index is 0.00372. The fourth-order valence-corrected chi connectivity index (χ4v) is 6.29. The maximum absolute atomic E-state index is 13.6. The standard InChI is InChI=1S/C25H21ClF4N8OS/c26-16-10-14(3-4-17(16)27)33-22-21-15-5-7-37(11-18(15)40-23(21)32-13-31-22)20(39)2-1-6-36-8-9-38-19(12-36)34-35-24(38)25(28,29)30/h1-4,10,13H,5-9,11-12H2,(H,31,32,33). The molecule has 2 aliphatic rings. The van der Waals surface area contributed by atoms with Gasteiger partial charge in [-0.15, -0.1) is 21.5 Å². The highest BCUT2D eigenvalue weighted by Gasteiger charge is 2.39. The van der Waals surface area contributed by atoms with Crippen molar-refractivity contribution in [3.8, 4) is 0 Å². The van der Waals surface area contributed by atoms with E-state index in [-0.39, 0.29) is 29.8 Å². The summed E-state index contributed by atoms with van der Waals surface area (Å²) >= 11 is 7.42. The molecule has 0 bridgehead atoms. The van der Waals surface area contributed by atoms with E-state index in [9.17, 15) is 22.4 Å². The molecule has 5 heterocycles. The lowest BCUT2D eigenvalue weighted by Gasteiger charge is -2.27. The lowest BCUT2D eigenvalue weighted by Crippen LogP contribution is -2.36. The van der Waals surface area contributed by atoms with Gasteiger partial charge in [-0.2, -0.15) is 13.2 Å². The molecule has 9 nitrogen and oxygen atoms in total. The quantitative estimate of drug-likeness (QED) is 0.263. The summed E-state index contributed by atoms with van der Waals surface area (Å²) in [7, 11) is 0. The van der Waals surface area contributed by atoms with Gasteiger partial charge in [0.1, 0.15) is 28.6 Å². The van der Waals surface area contributed by atoms with Crippen LogP contribution in [0, 0.1) is 5.82 Å². The first-order valence-corrected chi connectivity index (χ1v) is 13.5. The summed E-state index contributed by atoms with van der Waals surface area (Å²) in [6.45, 7) is 2.08. The predicted molar refractivity (Wildman–Crippen MR) is 141 cm³/mol. The van der Waals surface area contributed by atoms with E-state index < -0.39 is 17.8 Å². The van der Waals surface area contributed by atoms with Gasteiger partial charge < -0.3 is 14.8 Å². The van der Waals surface area contributed by atoms with E-state index in [1.54, 1.807) is 17.0 Å². The Kier molecular flexibility index (Phi) is 6.92. The normalized spacial score (nSPS) is 16.0. The Morgan fingerprint density at radius 3 is 2.80 bits per heavy atom. The van der Waals surface area contributed by atoms with Gasteiger partial charge in [0.25, 0.3) is 0 Å². The molecule has 1 aromatic carbocycles. The van der Waals surface area contributed by atoms with Crippen LogP contribution < -0.4 is 5.32 Å². The molecule has 0 spiro atoms. The number of amides is 1. The van der Waals surface area contributed by atoms with Crippen LogP contribution in [-0.4, -0.2) is 60.1 Å². The SMILES string of the molecule is O=C(C=CCN1CCn2c(nnc2C(F)(F)F)C1)N1CCc2c(sc3ncnc(Nc4ccc(F)c(Cl)c4)c23)C1. The van der Waals surface area contributed by atoms with Crippen LogP contribution in [0.25, 0.3) is 10.2 Å². The Morgan fingerprint density at radius 2 is 2.00 bits per heavy atom. The summed E-state index contributed by atoms with van der Waals surface area (Å²) in [5, 5.41) is 11.1. The largest absolute Gasteiger partial charge is 0.451 e. The van der Waals surface area contributed by atoms with Crippen LogP contribution in [0.3, 0.4) is 0 Å². The van der Waals surface area contributed by atoms with Crippen LogP contribution in [0.4, 0.5) is 29.1 Å². The van der Waals surface area contributed by atoms with Crippen molar-refractivity contribution in [2.24, 2.45) is 0 Å². The molecule has 0 radical (unpaired) electrons. The molecule has 0 unspecified atom stereocenters. The smallest absolute Gasteiger partial charge is 0.340 e. The van der Waals surface area contributed by atoms with Crippen molar-refractivity contribution in [3.05, 3.63) is 69.6 Å². The molecule has 3 aromatic heterocycles. The van der Waals surface area contributed by atoms with E-state index in [0.717, 1.165) is 25.2 Å². The van der Waals surface area contributed by atoms with E-state index in [1.165, 1.54) is 35.9 Å². The lowest BCUT2D eigenvalue weighted by molar-refractivity contribution is -0.148. The molecule has 6 rings (SSSR count). The zero-order valence-electron chi connectivity index (χ0n) is 20.8. The topological polar surface area (TPSA) is 92.1 Å². The molecular formula is C25H21ClF4N8OS. The number of aromatic nitrogens is 5. The number of hydrogen-bond acceptors (Lipinski definition) is 8. The van der Waals surface area contributed by atoms with Gasteiger partial charge in [0, 0.05) is 42.8 Å². The molecule has 0 fully saturated rings. The van der Waals surface area contributed by atoms with Crippen molar-refractivity contribution in [1.82, 2.24) is 34.5 Å². The lowest BCUT2D eigenvalue weighted by atomic mass is 10.0. The summed E-state index contributed by atoms with van der Waals surface area (Å²) < 4.78 is 53.8. The molecule has 40 heavy (non-hydrogen) atoms. The summed E-state index contributed by atoms with van der Waals surface area (Å²) in [6, 6.07) is 4.35. The van der Waals surface area contributed by atoms with Gasteiger partial charge in [0.05, 0.1) is 23.5 Å². The first kappa shape index (κ1) is 26.6. The second-order valence-electron chi connectivity index (χ2n) is 9.40. The number of anilines is 2. The molecule has 0 atom stereocenters. The highest BCUT2D eigenvalue weighted by Crippen LogP contribution is 2.38. The van der Waals surface area contributed by atoms with Crippen LogP contribution in [0.1, 0.15) is 22.1 Å². The Morgan fingerprint density at radius 1 is 1.15 bits per heavy atom. The summed E-state index contributed by atoms with van der Waals surface area (Å²) in [6.07, 6.45) is 0.759. The Labute approximate surface area is 234 Å². The number of carbonyl (C=O) groups is 1. The number of nitrogens with zero attached hydrogens (tertiary/aromatic N) is 7. The van der Waals surface area contributed by atoms with E-state index in [1.807, 2.05) is 4.90 Å². The number of carbonyl (C=O) groups excluding carboxylic acids is 1. The van der Waals surface area contributed by atoms with Crippen LogP contribution in [0.2, 0.25) is 5.02 Å². The number of rotatable bonds is 5. The van der Waals surface area contributed by atoms with Gasteiger partial charge in [0.15, 0.2) is 0 Å².